The summed E-state index contributed by atoms with van der Waals surface area (Å²) in [6.45, 7) is 1.62. The third-order valence-corrected chi connectivity index (χ3v) is 3.67. The molecule has 20 heavy (non-hydrogen) atoms. The summed E-state index contributed by atoms with van der Waals surface area (Å²) in [6.07, 6.45) is 2.92. The first-order chi connectivity index (χ1) is 9.61. The van der Waals surface area contributed by atoms with Gasteiger partial charge in [0.25, 0.3) is 0 Å². The second-order valence-corrected chi connectivity index (χ2v) is 4.92. The molecule has 0 saturated carbocycles. The monoisotopic (exact) mass is 276 g/mol. The summed E-state index contributed by atoms with van der Waals surface area (Å²) in [7, 11) is 0. The number of ether oxygens (including phenoxy) is 1. The number of fused-ring (bicyclic) bond motifs is 1. The zero-order valence-electron chi connectivity index (χ0n) is 11.0. The van der Waals surface area contributed by atoms with Gasteiger partial charge in [0, 0.05) is 18.1 Å². The van der Waals surface area contributed by atoms with Crippen molar-refractivity contribution < 1.29 is 9.84 Å². The lowest BCUT2D eigenvalue weighted by Gasteiger charge is -2.14. The predicted molar refractivity (Wildman–Crippen MR) is 72.2 cm³/mol. The molecule has 0 bridgehead atoms. The Labute approximate surface area is 115 Å². The summed E-state index contributed by atoms with van der Waals surface area (Å²) in [5, 5.41) is 17.1. The SMILES string of the molecule is CC(=N)[C@H]1C[C@H](n2cnc3c(N)ncnc32)O[C@@H]1CO. The molecule has 1 fully saturated rings. The van der Waals surface area contributed by atoms with Crippen LogP contribution in [0.2, 0.25) is 0 Å². The number of nitrogen functional groups attached to an aromatic ring is 1. The average molecular weight is 276 g/mol. The van der Waals surface area contributed by atoms with Crippen LogP contribution >= 0.6 is 0 Å². The molecule has 8 nitrogen and oxygen atoms in total. The Hall–Kier alpha value is -2.06. The Kier molecular flexibility index (Phi) is 3.11. The van der Waals surface area contributed by atoms with Crippen LogP contribution in [-0.2, 0) is 4.74 Å². The molecule has 0 spiro atoms. The summed E-state index contributed by atoms with van der Waals surface area (Å²) in [5.74, 6) is 0.229. The van der Waals surface area contributed by atoms with Gasteiger partial charge in [-0.2, -0.15) is 0 Å². The molecule has 1 aliphatic rings. The number of nitrogens with two attached hydrogens (primary N) is 1. The van der Waals surface area contributed by atoms with Crippen LogP contribution in [0.4, 0.5) is 5.82 Å². The van der Waals surface area contributed by atoms with Gasteiger partial charge in [0.15, 0.2) is 11.5 Å². The summed E-state index contributed by atoms with van der Waals surface area (Å²) < 4.78 is 7.58. The molecule has 0 aromatic carbocycles. The van der Waals surface area contributed by atoms with Gasteiger partial charge in [0.05, 0.1) is 19.0 Å². The largest absolute Gasteiger partial charge is 0.394 e. The zero-order chi connectivity index (χ0) is 14.3. The van der Waals surface area contributed by atoms with Crippen molar-refractivity contribution in [2.45, 2.75) is 25.7 Å². The molecular formula is C12H16N6O2. The number of aliphatic hydroxyl groups excluding tert-OH is 1. The van der Waals surface area contributed by atoms with E-state index in [9.17, 15) is 5.11 Å². The number of hydrogen-bond acceptors (Lipinski definition) is 7. The minimum atomic E-state index is -0.367. The van der Waals surface area contributed by atoms with E-state index >= 15 is 0 Å². The highest BCUT2D eigenvalue weighted by molar-refractivity contribution is 5.82. The highest BCUT2D eigenvalue weighted by Crippen LogP contribution is 2.35. The number of aliphatic hydroxyl groups is 1. The second-order valence-electron chi connectivity index (χ2n) is 4.92. The van der Waals surface area contributed by atoms with Crippen LogP contribution in [0.25, 0.3) is 11.2 Å². The van der Waals surface area contributed by atoms with E-state index in [0.29, 0.717) is 29.1 Å². The Morgan fingerprint density at radius 3 is 3.00 bits per heavy atom. The molecule has 0 radical (unpaired) electrons. The van der Waals surface area contributed by atoms with Crippen molar-refractivity contribution >= 4 is 22.7 Å². The van der Waals surface area contributed by atoms with Crippen molar-refractivity contribution in [1.82, 2.24) is 19.5 Å². The Bertz CT molecular complexity index is 654. The molecule has 3 rings (SSSR count). The summed E-state index contributed by atoms with van der Waals surface area (Å²) >= 11 is 0. The molecular weight excluding hydrogens is 260 g/mol. The van der Waals surface area contributed by atoms with Crippen LogP contribution in [-0.4, -0.2) is 43.0 Å². The minimum Gasteiger partial charge on any atom is -0.394 e. The lowest BCUT2D eigenvalue weighted by atomic mass is 9.96. The van der Waals surface area contributed by atoms with E-state index < -0.39 is 0 Å². The molecule has 3 atom stereocenters. The lowest BCUT2D eigenvalue weighted by Crippen LogP contribution is -2.25. The number of aromatic nitrogens is 4. The predicted octanol–water partition coefficient (Wildman–Crippen LogP) is 0.344. The van der Waals surface area contributed by atoms with Crippen molar-refractivity contribution in [2.24, 2.45) is 5.92 Å². The van der Waals surface area contributed by atoms with Gasteiger partial charge in [0.1, 0.15) is 18.1 Å². The third-order valence-electron chi connectivity index (χ3n) is 3.67. The zero-order valence-corrected chi connectivity index (χ0v) is 11.0. The normalized spacial score (nSPS) is 26.2. The fourth-order valence-corrected chi connectivity index (χ4v) is 2.61. The van der Waals surface area contributed by atoms with E-state index in [1.54, 1.807) is 17.8 Å². The van der Waals surface area contributed by atoms with E-state index in [1.807, 2.05) is 0 Å². The molecule has 4 N–H and O–H groups in total. The van der Waals surface area contributed by atoms with E-state index in [4.69, 9.17) is 15.9 Å². The highest BCUT2D eigenvalue weighted by atomic mass is 16.5. The number of rotatable bonds is 3. The number of anilines is 1. The quantitative estimate of drug-likeness (QED) is 0.695. The average Bonchev–Trinajstić information content (AvgIpc) is 3.02. The van der Waals surface area contributed by atoms with Crippen LogP contribution < -0.4 is 5.73 Å². The Morgan fingerprint density at radius 2 is 2.35 bits per heavy atom. The van der Waals surface area contributed by atoms with Crippen molar-refractivity contribution in [3.8, 4) is 0 Å². The highest BCUT2D eigenvalue weighted by Gasteiger charge is 2.37. The minimum absolute atomic E-state index is 0.0957. The van der Waals surface area contributed by atoms with Gasteiger partial charge in [-0.1, -0.05) is 0 Å². The maximum Gasteiger partial charge on any atom is 0.167 e. The van der Waals surface area contributed by atoms with Crippen LogP contribution in [0.1, 0.15) is 19.6 Å². The lowest BCUT2D eigenvalue weighted by molar-refractivity contribution is -0.0246. The third kappa shape index (κ3) is 1.93. The summed E-state index contributed by atoms with van der Waals surface area (Å²) in [5.41, 5.74) is 7.39. The van der Waals surface area contributed by atoms with Crippen LogP contribution in [0, 0.1) is 11.3 Å². The fraction of sp³-hybridized carbons (Fsp3) is 0.500. The molecule has 0 amide bonds. The molecule has 8 heteroatoms. The van der Waals surface area contributed by atoms with Crippen molar-refractivity contribution in [2.75, 3.05) is 12.3 Å². The van der Waals surface area contributed by atoms with Gasteiger partial charge >= 0.3 is 0 Å². The first-order valence-corrected chi connectivity index (χ1v) is 6.36. The van der Waals surface area contributed by atoms with Crippen LogP contribution in [0.3, 0.4) is 0 Å². The first-order valence-electron chi connectivity index (χ1n) is 6.36. The fourth-order valence-electron chi connectivity index (χ4n) is 2.61. The molecule has 2 aromatic rings. The first kappa shape index (κ1) is 12.9. The molecule has 0 unspecified atom stereocenters. The van der Waals surface area contributed by atoms with E-state index in [0.717, 1.165) is 0 Å². The van der Waals surface area contributed by atoms with Gasteiger partial charge in [-0.3, -0.25) is 4.57 Å². The molecule has 3 heterocycles. The van der Waals surface area contributed by atoms with Gasteiger partial charge in [-0.05, 0) is 6.92 Å². The van der Waals surface area contributed by atoms with Gasteiger partial charge < -0.3 is 21.0 Å². The number of nitrogens with one attached hydrogen (secondary N) is 1. The number of hydrogen-bond donors (Lipinski definition) is 3. The number of nitrogens with zero attached hydrogens (tertiary/aromatic N) is 4. The number of imidazole rings is 1. The van der Waals surface area contributed by atoms with Crippen molar-refractivity contribution in [1.29, 1.82) is 5.41 Å². The standard InChI is InChI=1S/C12H16N6O2/c1-6(13)7-2-9(20-8(7)3-19)18-5-17-10-11(14)15-4-16-12(10)18/h4-5,7-9,13,19H,2-3H2,1H3,(H2,14,15,16)/t7-,8-,9-/m1/s1. The van der Waals surface area contributed by atoms with E-state index in [-0.39, 0.29) is 24.9 Å². The van der Waals surface area contributed by atoms with Gasteiger partial charge in [-0.15, -0.1) is 0 Å². The van der Waals surface area contributed by atoms with Crippen molar-refractivity contribution in [3.05, 3.63) is 12.7 Å². The smallest absolute Gasteiger partial charge is 0.167 e. The molecule has 2 aromatic heterocycles. The molecule has 1 aliphatic heterocycles. The Balaban J connectivity index is 1.97. The Morgan fingerprint density at radius 1 is 1.55 bits per heavy atom. The van der Waals surface area contributed by atoms with Gasteiger partial charge in [-0.25, -0.2) is 15.0 Å². The molecule has 106 valence electrons. The molecule has 0 aliphatic carbocycles. The summed E-state index contributed by atoms with van der Waals surface area (Å²) in [6, 6.07) is 0. The van der Waals surface area contributed by atoms with Crippen molar-refractivity contribution in [3.63, 3.8) is 0 Å². The topological polar surface area (TPSA) is 123 Å². The van der Waals surface area contributed by atoms with E-state index in [1.165, 1.54) is 6.33 Å². The van der Waals surface area contributed by atoms with Crippen LogP contribution in [0.15, 0.2) is 12.7 Å². The van der Waals surface area contributed by atoms with Gasteiger partial charge in [0.2, 0.25) is 0 Å². The van der Waals surface area contributed by atoms with E-state index in [2.05, 4.69) is 15.0 Å². The maximum atomic E-state index is 9.37. The second kappa shape index (κ2) is 4.80. The maximum absolute atomic E-state index is 9.37. The molecule has 1 saturated heterocycles. The summed E-state index contributed by atoms with van der Waals surface area (Å²) in [4.78, 5) is 12.3. The van der Waals surface area contributed by atoms with Crippen LogP contribution in [0.5, 0.6) is 0 Å².